The minimum atomic E-state index is -0.920. The highest BCUT2D eigenvalue weighted by Crippen LogP contribution is 2.29. The van der Waals surface area contributed by atoms with Crippen LogP contribution in [-0.2, 0) is 10.3 Å². The lowest BCUT2D eigenvalue weighted by Gasteiger charge is -2.32. The molecule has 3 aromatic rings. The summed E-state index contributed by atoms with van der Waals surface area (Å²) in [6, 6.07) is 22.2. The van der Waals surface area contributed by atoms with Gasteiger partial charge in [0.25, 0.3) is 5.91 Å². The van der Waals surface area contributed by atoms with E-state index in [1.54, 1.807) is 0 Å². The summed E-state index contributed by atoms with van der Waals surface area (Å²) < 4.78 is 26.7. The average Bonchev–Trinajstić information content (AvgIpc) is 2.77. The van der Waals surface area contributed by atoms with E-state index < -0.39 is 23.1 Å². The van der Waals surface area contributed by atoms with Gasteiger partial charge in [-0.2, -0.15) is 0 Å². The Morgan fingerprint density at radius 3 is 2.00 bits per heavy atom. The second-order valence-electron chi connectivity index (χ2n) is 7.39. The Balaban J connectivity index is 1.59. The Morgan fingerprint density at radius 2 is 1.45 bits per heavy atom. The van der Waals surface area contributed by atoms with Crippen LogP contribution in [0.4, 0.5) is 8.78 Å². The summed E-state index contributed by atoms with van der Waals surface area (Å²) in [7, 11) is 0. The van der Waals surface area contributed by atoms with E-state index in [1.807, 2.05) is 67.6 Å². The zero-order valence-corrected chi connectivity index (χ0v) is 17.2. The lowest BCUT2D eigenvalue weighted by Crippen LogP contribution is -2.44. The highest BCUT2D eigenvalue weighted by atomic mass is 19.1. The highest BCUT2D eigenvalue weighted by Gasteiger charge is 2.30. The Kier molecular flexibility index (Phi) is 7.13. The number of hydrogen-bond acceptors (Lipinski definition) is 2. The van der Waals surface area contributed by atoms with Crippen molar-refractivity contribution in [3.63, 3.8) is 0 Å². The number of benzene rings is 3. The van der Waals surface area contributed by atoms with Gasteiger partial charge in [0.15, 0.2) is 0 Å². The van der Waals surface area contributed by atoms with Crippen molar-refractivity contribution in [1.82, 2.24) is 10.6 Å². The Bertz CT molecular complexity index is 1000. The van der Waals surface area contributed by atoms with Gasteiger partial charge in [-0.15, -0.1) is 0 Å². The molecule has 3 rings (SSSR count). The minimum absolute atomic E-state index is 0.169. The van der Waals surface area contributed by atoms with Crippen molar-refractivity contribution in [1.29, 1.82) is 0 Å². The molecule has 31 heavy (non-hydrogen) atoms. The summed E-state index contributed by atoms with van der Waals surface area (Å²) >= 11 is 0. The third kappa shape index (κ3) is 5.54. The largest absolute Gasteiger partial charge is 0.352 e. The molecule has 0 radical (unpaired) electrons. The number of hydrogen-bond donors (Lipinski definition) is 2. The third-order valence-electron chi connectivity index (χ3n) is 5.13. The lowest BCUT2D eigenvalue weighted by molar-refractivity contribution is -0.122. The molecule has 0 aliphatic carbocycles. The smallest absolute Gasteiger partial charge is 0.254 e. The van der Waals surface area contributed by atoms with E-state index in [9.17, 15) is 18.4 Å². The van der Waals surface area contributed by atoms with Crippen molar-refractivity contribution >= 4 is 11.8 Å². The molecule has 0 aliphatic rings. The SMILES string of the molecule is CC(NC(=O)CCCNC(=O)c1ccc(F)cc1F)(c1ccccc1)c1ccccc1. The molecule has 0 saturated carbocycles. The van der Waals surface area contributed by atoms with Crippen LogP contribution in [0.2, 0.25) is 0 Å². The van der Waals surface area contributed by atoms with Crippen LogP contribution < -0.4 is 10.6 Å². The van der Waals surface area contributed by atoms with Gasteiger partial charge >= 0.3 is 0 Å². The first-order valence-electron chi connectivity index (χ1n) is 10.1. The molecule has 0 aromatic heterocycles. The molecule has 0 atom stereocenters. The van der Waals surface area contributed by atoms with Crippen LogP contribution in [0.3, 0.4) is 0 Å². The molecule has 160 valence electrons. The summed E-state index contributed by atoms with van der Waals surface area (Å²) in [5.41, 5.74) is 0.968. The molecule has 0 bridgehead atoms. The zero-order valence-electron chi connectivity index (χ0n) is 17.2. The third-order valence-corrected chi connectivity index (χ3v) is 5.13. The van der Waals surface area contributed by atoms with Crippen LogP contribution >= 0.6 is 0 Å². The van der Waals surface area contributed by atoms with E-state index in [4.69, 9.17) is 0 Å². The summed E-state index contributed by atoms with van der Waals surface area (Å²) in [5.74, 6) is -2.48. The molecule has 6 heteroatoms. The summed E-state index contributed by atoms with van der Waals surface area (Å²) in [6.07, 6.45) is 0.557. The highest BCUT2D eigenvalue weighted by molar-refractivity contribution is 5.94. The molecule has 2 amide bonds. The van der Waals surface area contributed by atoms with Crippen molar-refractivity contribution in [2.45, 2.75) is 25.3 Å². The molecular weight excluding hydrogens is 398 g/mol. The molecule has 2 N–H and O–H groups in total. The number of carbonyl (C=O) groups is 2. The summed E-state index contributed by atoms with van der Waals surface area (Å²) in [5, 5.41) is 5.67. The predicted octanol–water partition coefficient (Wildman–Crippen LogP) is 4.55. The fourth-order valence-electron chi connectivity index (χ4n) is 3.42. The normalized spacial score (nSPS) is 11.1. The van der Waals surface area contributed by atoms with Crippen LogP contribution in [-0.4, -0.2) is 18.4 Å². The molecule has 0 unspecified atom stereocenters. The lowest BCUT2D eigenvalue weighted by atomic mass is 9.84. The van der Waals surface area contributed by atoms with Gasteiger partial charge in [-0.25, -0.2) is 8.78 Å². The van der Waals surface area contributed by atoms with Gasteiger partial charge in [0.2, 0.25) is 5.91 Å². The Hall–Kier alpha value is -3.54. The number of rotatable bonds is 8. The van der Waals surface area contributed by atoms with E-state index in [-0.39, 0.29) is 24.4 Å². The van der Waals surface area contributed by atoms with Crippen molar-refractivity contribution in [2.75, 3.05) is 6.54 Å². The van der Waals surface area contributed by atoms with E-state index in [1.165, 1.54) is 0 Å². The first-order chi connectivity index (χ1) is 14.9. The van der Waals surface area contributed by atoms with Crippen LogP contribution in [0.5, 0.6) is 0 Å². The fourth-order valence-corrected chi connectivity index (χ4v) is 3.42. The molecular formula is C25H24F2N2O2. The maximum Gasteiger partial charge on any atom is 0.254 e. The second kappa shape index (κ2) is 9.98. The molecule has 3 aromatic carbocycles. The standard InChI is InChI=1S/C25H24F2N2O2/c1-25(18-9-4-2-5-10-18,19-11-6-3-7-12-19)29-23(30)13-8-16-28-24(31)21-15-14-20(26)17-22(21)27/h2-7,9-12,14-15,17H,8,13,16H2,1H3,(H,28,31)(H,29,30). The molecule has 0 spiro atoms. The van der Waals surface area contributed by atoms with Gasteiger partial charge in [0.1, 0.15) is 11.6 Å². The summed E-state index contributed by atoms with van der Waals surface area (Å²) in [6.45, 7) is 2.14. The number of nitrogens with one attached hydrogen (secondary N) is 2. The predicted molar refractivity (Wildman–Crippen MR) is 115 cm³/mol. The van der Waals surface area contributed by atoms with E-state index in [0.717, 1.165) is 23.3 Å². The maximum absolute atomic E-state index is 13.7. The van der Waals surface area contributed by atoms with Gasteiger partial charge in [0, 0.05) is 19.0 Å². The van der Waals surface area contributed by atoms with Crippen molar-refractivity contribution < 1.29 is 18.4 Å². The van der Waals surface area contributed by atoms with Crippen LogP contribution in [0, 0.1) is 11.6 Å². The number of halogens is 2. The van der Waals surface area contributed by atoms with E-state index >= 15 is 0 Å². The van der Waals surface area contributed by atoms with Gasteiger partial charge in [0.05, 0.1) is 11.1 Å². The quantitative estimate of drug-likeness (QED) is 0.523. The van der Waals surface area contributed by atoms with Gasteiger partial charge in [-0.05, 0) is 36.6 Å². The van der Waals surface area contributed by atoms with Crippen LogP contribution in [0.1, 0.15) is 41.3 Å². The van der Waals surface area contributed by atoms with Gasteiger partial charge in [-0.1, -0.05) is 60.7 Å². The van der Waals surface area contributed by atoms with Crippen LogP contribution in [0.25, 0.3) is 0 Å². The monoisotopic (exact) mass is 422 g/mol. The molecule has 0 aliphatic heterocycles. The van der Waals surface area contributed by atoms with Crippen LogP contribution in [0.15, 0.2) is 78.9 Å². The first-order valence-corrected chi connectivity index (χ1v) is 10.1. The van der Waals surface area contributed by atoms with Gasteiger partial charge < -0.3 is 10.6 Å². The molecule has 0 saturated heterocycles. The topological polar surface area (TPSA) is 58.2 Å². The molecule has 4 nitrogen and oxygen atoms in total. The van der Waals surface area contributed by atoms with Crippen molar-refractivity contribution in [3.8, 4) is 0 Å². The average molecular weight is 422 g/mol. The molecule has 0 heterocycles. The van der Waals surface area contributed by atoms with E-state index in [2.05, 4.69) is 10.6 Å². The summed E-state index contributed by atoms with van der Waals surface area (Å²) in [4.78, 5) is 24.7. The number of amides is 2. The molecule has 0 fully saturated rings. The Labute approximate surface area is 180 Å². The Morgan fingerprint density at radius 1 is 0.871 bits per heavy atom. The first kappa shape index (κ1) is 22.2. The maximum atomic E-state index is 13.7. The second-order valence-corrected chi connectivity index (χ2v) is 7.39. The van der Waals surface area contributed by atoms with E-state index in [0.29, 0.717) is 12.5 Å². The number of carbonyl (C=O) groups excluding carboxylic acids is 2. The zero-order chi connectivity index (χ0) is 22.3. The minimum Gasteiger partial charge on any atom is -0.352 e. The van der Waals surface area contributed by atoms with Crippen molar-refractivity contribution in [3.05, 3.63) is 107 Å². The van der Waals surface area contributed by atoms with Gasteiger partial charge in [-0.3, -0.25) is 9.59 Å². The van der Waals surface area contributed by atoms with Crippen molar-refractivity contribution in [2.24, 2.45) is 0 Å². The fraction of sp³-hybridized carbons (Fsp3) is 0.200.